The molecular formula is C16H32N2O2. The molecule has 0 amide bonds. The van der Waals surface area contributed by atoms with Gasteiger partial charge in [0.2, 0.25) is 0 Å². The summed E-state index contributed by atoms with van der Waals surface area (Å²) in [6.07, 6.45) is 3.62. The van der Waals surface area contributed by atoms with Gasteiger partial charge in [0.05, 0.1) is 13.2 Å². The summed E-state index contributed by atoms with van der Waals surface area (Å²) in [7, 11) is 0. The molecule has 2 heterocycles. The Morgan fingerprint density at radius 3 is 2.55 bits per heavy atom. The van der Waals surface area contributed by atoms with Crippen LogP contribution in [0, 0.1) is 5.41 Å². The van der Waals surface area contributed by atoms with Crippen LogP contribution in [-0.4, -0.2) is 63.0 Å². The molecule has 4 nitrogen and oxygen atoms in total. The average Bonchev–Trinajstić information content (AvgIpc) is 2.66. The Labute approximate surface area is 124 Å². The Bertz CT molecular complexity index is 275. The minimum atomic E-state index is 0.173. The van der Waals surface area contributed by atoms with Crippen molar-refractivity contribution in [2.45, 2.75) is 45.6 Å². The summed E-state index contributed by atoms with van der Waals surface area (Å²) in [6, 6.07) is 0. The molecule has 1 N–H and O–H groups in total. The maximum Gasteiger partial charge on any atom is 0.0593 e. The monoisotopic (exact) mass is 284 g/mol. The number of rotatable bonds is 4. The first-order valence-electron chi connectivity index (χ1n) is 8.12. The van der Waals surface area contributed by atoms with E-state index in [1.165, 1.54) is 12.8 Å². The highest BCUT2D eigenvalue weighted by molar-refractivity contribution is 4.89. The maximum atomic E-state index is 5.83. The number of ether oxygens (including phenoxy) is 2. The molecule has 1 atom stereocenters. The van der Waals surface area contributed by atoms with Gasteiger partial charge in [0.15, 0.2) is 0 Å². The lowest BCUT2D eigenvalue weighted by molar-refractivity contribution is -0.0289. The highest BCUT2D eigenvalue weighted by Crippen LogP contribution is 2.30. The van der Waals surface area contributed by atoms with E-state index in [1.807, 2.05) is 0 Å². The molecule has 0 saturated carbocycles. The van der Waals surface area contributed by atoms with Crippen molar-refractivity contribution in [3.05, 3.63) is 0 Å². The molecule has 2 saturated heterocycles. The second-order valence-electron chi connectivity index (χ2n) is 7.50. The molecule has 0 bridgehead atoms. The lowest BCUT2D eigenvalue weighted by atomic mass is 9.81. The van der Waals surface area contributed by atoms with Gasteiger partial charge in [0.1, 0.15) is 0 Å². The third-order valence-corrected chi connectivity index (χ3v) is 4.27. The normalized spacial score (nSPS) is 30.1. The number of hydrogen-bond donors (Lipinski definition) is 1. The molecule has 1 unspecified atom stereocenters. The molecule has 0 radical (unpaired) electrons. The Balaban J connectivity index is 1.94. The zero-order valence-electron chi connectivity index (χ0n) is 13.5. The van der Waals surface area contributed by atoms with Gasteiger partial charge in [0.25, 0.3) is 0 Å². The average molecular weight is 284 g/mol. The van der Waals surface area contributed by atoms with Gasteiger partial charge >= 0.3 is 0 Å². The third-order valence-electron chi connectivity index (χ3n) is 4.27. The summed E-state index contributed by atoms with van der Waals surface area (Å²) in [5, 5.41) is 3.70. The molecule has 0 aromatic carbocycles. The van der Waals surface area contributed by atoms with E-state index < -0.39 is 0 Å². The Kier molecular flexibility index (Phi) is 5.84. The predicted octanol–water partition coefficient (Wildman–Crippen LogP) is 1.89. The zero-order valence-corrected chi connectivity index (χ0v) is 13.5. The lowest BCUT2D eigenvalue weighted by Crippen LogP contribution is -2.52. The van der Waals surface area contributed by atoms with Crippen LogP contribution >= 0.6 is 0 Å². The largest absolute Gasteiger partial charge is 0.381 e. The van der Waals surface area contributed by atoms with Crippen LogP contribution in [-0.2, 0) is 9.47 Å². The van der Waals surface area contributed by atoms with E-state index in [4.69, 9.17) is 9.47 Å². The van der Waals surface area contributed by atoms with Crippen LogP contribution in [0.5, 0.6) is 0 Å². The van der Waals surface area contributed by atoms with Crippen LogP contribution in [0.2, 0.25) is 0 Å². The first kappa shape index (κ1) is 16.2. The zero-order chi connectivity index (χ0) is 14.5. The Hall–Kier alpha value is -0.160. The van der Waals surface area contributed by atoms with E-state index in [9.17, 15) is 0 Å². The molecule has 20 heavy (non-hydrogen) atoms. The Morgan fingerprint density at radius 2 is 1.85 bits per heavy atom. The fraction of sp³-hybridized carbons (Fsp3) is 1.00. The van der Waals surface area contributed by atoms with Gasteiger partial charge in [-0.15, -0.1) is 0 Å². The quantitative estimate of drug-likeness (QED) is 0.855. The minimum Gasteiger partial charge on any atom is -0.381 e. The highest BCUT2D eigenvalue weighted by Gasteiger charge is 2.35. The number of nitrogens with one attached hydrogen (secondary N) is 1. The van der Waals surface area contributed by atoms with Crippen molar-refractivity contribution in [3.63, 3.8) is 0 Å². The summed E-state index contributed by atoms with van der Waals surface area (Å²) < 4.78 is 11.4. The van der Waals surface area contributed by atoms with E-state index >= 15 is 0 Å². The first-order chi connectivity index (χ1) is 9.49. The van der Waals surface area contributed by atoms with Crippen LogP contribution < -0.4 is 5.32 Å². The van der Waals surface area contributed by atoms with Crippen LogP contribution in [0.1, 0.15) is 40.0 Å². The SMILES string of the molecule is CC(C)(C)NCC1(CN2CCCOCC2)CCCOC1. The van der Waals surface area contributed by atoms with E-state index in [2.05, 4.69) is 31.0 Å². The van der Waals surface area contributed by atoms with Gasteiger partial charge in [-0.05, 0) is 40.0 Å². The third kappa shape index (κ3) is 5.32. The molecule has 4 heteroatoms. The van der Waals surface area contributed by atoms with Gasteiger partial charge < -0.3 is 19.7 Å². The van der Waals surface area contributed by atoms with Crippen molar-refractivity contribution in [1.82, 2.24) is 10.2 Å². The second-order valence-corrected chi connectivity index (χ2v) is 7.50. The second kappa shape index (κ2) is 7.21. The van der Waals surface area contributed by atoms with Gasteiger partial charge in [0, 0.05) is 50.3 Å². The molecule has 2 aliphatic rings. The molecule has 2 aliphatic heterocycles. The molecule has 2 rings (SSSR count). The fourth-order valence-electron chi connectivity index (χ4n) is 3.11. The van der Waals surface area contributed by atoms with Crippen molar-refractivity contribution >= 4 is 0 Å². The van der Waals surface area contributed by atoms with Crippen molar-refractivity contribution in [2.75, 3.05) is 52.6 Å². The first-order valence-corrected chi connectivity index (χ1v) is 8.12. The van der Waals surface area contributed by atoms with E-state index in [1.54, 1.807) is 0 Å². The Morgan fingerprint density at radius 1 is 1.05 bits per heavy atom. The summed E-state index contributed by atoms with van der Waals surface area (Å²) in [5.74, 6) is 0. The molecule has 0 aromatic heterocycles. The summed E-state index contributed by atoms with van der Waals surface area (Å²) >= 11 is 0. The smallest absolute Gasteiger partial charge is 0.0593 e. The molecular weight excluding hydrogens is 252 g/mol. The van der Waals surface area contributed by atoms with Crippen molar-refractivity contribution in [2.24, 2.45) is 5.41 Å². The van der Waals surface area contributed by atoms with Crippen molar-refractivity contribution in [3.8, 4) is 0 Å². The lowest BCUT2D eigenvalue weighted by Gasteiger charge is -2.42. The van der Waals surface area contributed by atoms with Crippen molar-refractivity contribution < 1.29 is 9.47 Å². The molecule has 2 fully saturated rings. The summed E-state index contributed by atoms with van der Waals surface area (Å²) in [4.78, 5) is 2.58. The minimum absolute atomic E-state index is 0.173. The molecule has 118 valence electrons. The van der Waals surface area contributed by atoms with Crippen molar-refractivity contribution in [1.29, 1.82) is 0 Å². The molecule has 0 aromatic rings. The molecule has 0 spiro atoms. The molecule has 0 aliphatic carbocycles. The summed E-state index contributed by atoms with van der Waals surface area (Å²) in [5.41, 5.74) is 0.447. The van der Waals surface area contributed by atoms with Crippen LogP contribution in [0.4, 0.5) is 0 Å². The van der Waals surface area contributed by atoms with E-state index in [0.29, 0.717) is 0 Å². The number of nitrogens with zero attached hydrogens (tertiary/aromatic N) is 1. The van der Waals surface area contributed by atoms with Crippen LogP contribution in [0.3, 0.4) is 0 Å². The highest BCUT2D eigenvalue weighted by atomic mass is 16.5. The van der Waals surface area contributed by atoms with E-state index in [-0.39, 0.29) is 11.0 Å². The topological polar surface area (TPSA) is 33.7 Å². The maximum absolute atomic E-state index is 5.83. The summed E-state index contributed by atoms with van der Waals surface area (Å²) in [6.45, 7) is 14.8. The van der Waals surface area contributed by atoms with Crippen LogP contribution in [0.25, 0.3) is 0 Å². The van der Waals surface area contributed by atoms with Gasteiger partial charge in [-0.1, -0.05) is 0 Å². The standard InChI is InChI=1S/C16H32N2O2/c1-15(2,3)17-12-16(6-4-9-20-14-16)13-18-7-5-10-19-11-8-18/h17H,4-14H2,1-3H3. The van der Waals surface area contributed by atoms with E-state index in [0.717, 1.165) is 59.0 Å². The predicted molar refractivity (Wildman–Crippen MR) is 82.1 cm³/mol. The fourth-order valence-corrected chi connectivity index (χ4v) is 3.11. The number of hydrogen-bond acceptors (Lipinski definition) is 4. The van der Waals surface area contributed by atoms with Gasteiger partial charge in [-0.25, -0.2) is 0 Å². The van der Waals surface area contributed by atoms with Crippen LogP contribution in [0.15, 0.2) is 0 Å². The van der Waals surface area contributed by atoms with Gasteiger partial charge in [-0.3, -0.25) is 0 Å². The van der Waals surface area contributed by atoms with Gasteiger partial charge in [-0.2, -0.15) is 0 Å².